The predicted octanol–water partition coefficient (Wildman–Crippen LogP) is 1.28. The van der Waals surface area contributed by atoms with Crippen LogP contribution in [0.5, 0.6) is 0 Å². The fourth-order valence-electron chi connectivity index (χ4n) is 5.10. The van der Waals surface area contributed by atoms with Crippen molar-refractivity contribution in [1.29, 1.82) is 0 Å². The number of ether oxygens (including phenoxy) is 3. The Morgan fingerprint density at radius 3 is 2.59 bits per heavy atom. The van der Waals surface area contributed by atoms with Gasteiger partial charge in [0.25, 0.3) is 0 Å². The van der Waals surface area contributed by atoms with Crippen LogP contribution in [0.1, 0.15) is 46.5 Å². The molecule has 0 bridgehead atoms. The molecule has 2 heterocycles. The Morgan fingerprint density at radius 1 is 1.22 bits per heavy atom. The number of amides is 1. The first-order valence-corrected chi connectivity index (χ1v) is 9.90. The first-order chi connectivity index (χ1) is 12.6. The molecule has 3 rings (SSSR count). The zero-order chi connectivity index (χ0) is 20.0. The molecule has 5 unspecified atom stereocenters. The van der Waals surface area contributed by atoms with Gasteiger partial charge in [0.15, 0.2) is 12.1 Å². The van der Waals surface area contributed by atoms with Gasteiger partial charge in [-0.1, -0.05) is 13.8 Å². The fourth-order valence-corrected chi connectivity index (χ4v) is 5.10. The Labute approximate surface area is 160 Å². The number of aliphatic hydroxyl groups excluding tert-OH is 1. The quantitative estimate of drug-likeness (QED) is 0.669. The maximum Gasteiger partial charge on any atom is 0.411 e. The lowest BCUT2D eigenvalue weighted by Crippen LogP contribution is -2.67. The summed E-state index contributed by atoms with van der Waals surface area (Å²) in [6, 6.07) is 0. The molecule has 2 saturated heterocycles. The fraction of sp³-hybridized carbons (Fsp3) is 0.947. The monoisotopic (exact) mass is 387 g/mol. The Morgan fingerprint density at radius 2 is 1.93 bits per heavy atom. The van der Waals surface area contributed by atoms with Crippen molar-refractivity contribution in [2.75, 3.05) is 20.2 Å². The van der Waals surface area contributed by atoms with E-state index in [1.165, 1.54) is 11.9 Å². The second-order valence-corrected chi connectivity index (χ2v) is 8.71. The van der Waals surface area contributed by atoms with E-state index in [1.807, 2.05) is 6.92 Å². The average molecular weight is 387 g/mol. The van der Waals surface area contributed by atoms with Crippen molar-refractivity contribution in [2.45, 2.75) is 70.4 Å². The Balaban J connectivity index is 1.86. The number of carbonyl (C=O) groups excluding carboxylic acids is 1. The van der Waals surface area contributed by atoms with Gasteiger partial charge in [-0.2, -0.15) is 0 Å². The molecule has 1 amide bonds. The molecule has 8 nitrogen and oxygen atoms in total. The lowest BCUT2D eigenvalue weighted by Gasteiger charge is -2.57. The van der Waals surface area contributed by atoms with Crippen molar-refractivity contribution >= 4 is 6.09 Å². The number of rotatable bonds is 3. The molecule has 3 aliphatic rings. The van der Waals surface area contributed by atoms with Crippen LogP contribution in [0, 0.1) is 23.7 Å². The highest BCUT2D eigenvalue weighted by molar-refractivity contribution is 5.67. The van der Waals surface area contributed by atoms with Gasteiger partial charge in [0, 0.05) is 31.8 Å². The largest absolute Gasteiger partial charge is 0.419 e. The number of hydrogen-bond donors (Lipinski definition) is 3. The van der Waals surface area contributed by atoms with Crippen molar-refractivity contribution < 1.29 is 34.3 Å². The highest BCUT2D eigenvalue weighted by Gasteiger charge is 2.64. The molecule has 0 aromatic carbocycles. The summed E-state index contributed by atoms with van der Waals surface area (Å²) in [5.41, 5.74) is -1.22. The molecule has 3 N–H and O–H groups in total. The van der Waals surface area contributed by atoms with E-state index in [1.54, 1.807) is 6.92 Å². The van der Waals surface area contributed by atoms with E-state index >= 15 is 0 Å². The molecule has 0 spiro atoms. The summed E-state index contributed by atoms with van der Waals surface area (Å²) in [6.07, 6.45) is 0.240. The molecular weight excluding hydrogens is 354 g/mol. The van der Waals surface area contributed by atoms with Gasteiger partial charge in [0.2, 0.25) is 6.29 Å². The lowest BCUT2D eigenvalue weighted by molar-refractivity contribution is -0.402. The number of likely N-dealkylation sites (N-methyl/N-ethyl adjacent to an activating group) is 1. The van der Waals surface area contributed by atoms with Crippen molar-refractivity contribution in [3.8, 4) is 0 Å². The van der Waals surface area contributed by atoms with Crippen LogP contribution in [0.25, 0.3) is 0 Å². The topological polar surface area (TPSA) is 109 Å². The maximum atomic E-state index is 12.3. The minimum atomic E-state index is -1.41. The van der Waals surface area contributed by atoms with Gasteiger partial charge >= 0.3 is 6.09 Å². The molecular formula is C19H33NO7. The van der Waals surface area contributed by atoms with E-state index in [4.69, 9.17) is 19.3 Å². The van der Waals surface area contributed by atoms with Crippen molar-refractivity contribution in [3.63, 3.8) is 0 Å². The van der Waals surface area contributed by atoms with Crippen LogP contribution >= 0.6 is 0 Å². The molecule has 8 atom stereocenters. The third kappa shape index (κ3) is 3.70. The minimum absolute atomic E-state index is 0.0496. The summed E-state index contributed by atoms with van der Waals surface area (Å²) in [5, 5.41) is 31.3. The summed E-state index contributed by atoms with van der Waals surface area (Å²) in [5.74, 6) is -1.56. The zero-order valence-corrected chi connectivity index (χ0v) is 16.6. The van der Waals surface area contributed by atoms with Gasteiger partial charge in [-0.15, -0.1) is 0 Å². The third-order valence-electron chi connectivity index (χ3n) is 6.75. The number of carbonyl (C=O) groups is 1. The molecule has 3 fully saturated rings. The Kier molecular flexibility index (Phi) is 5.76. The highest BCUT2D eigenvalue weighted by Crippen LogP contribution is 2.55. The van der Waals surface area contributed by atoms with E-state index in [0.29, 0.717) is 12.8 Å². The summed E-state index contributed by atoms with van der Waals surface area (Å²) in [4.78, 5) is 13.5. The van der Waals surface area contributed by atoms with Gasteiger partial charge in [-0.05, 0) is 38.0 Å². The lowest BCUT2D eigenvalue weighted by atomic mass is 9.58. The molecule has 0 aromatic rings. The number of nitrogens with zero attached hydrogens (tertiary/aromatic N) is 1. The SMILES string of the molecule is CC1CCC2[C@@H](C)[C@@H](OC(=O)N(C)CCO)O[C@@H]3OC(C)(O)CCC1C23O. The smallest absolute Gasteiger partial charge is 0.411 e. The molecule has 156 valence electrons. The van der Waals surface area contributed by atoms with Gasteiger partial charge in [0.1, 0.15) is 5.60 Å². The van der Waals surface area contributed by atoms with E-state index < -0.39 is 30.1 Å². The van der Waals surface area contributed by atoms with E-state index in [-0.39, 0.29) is 36.8 Å². The number of hydrogen-bond acceptors (Lipinski definition) is 7. The van der Waals surface area contributed by atoms with Crippen LogP contribution < -0.4 is 0 Å². The zero-order valence-electron chi connectivity index (χ0n) is 16.6. The van der Waals surface area contributed by atoms with Crippen LogP contribution in [-0.2, 0) is 14.2 Å². The van der Waals surface area contributed by atoms with Crippen LogP contribution in [0.3, 0.4) is 0 Å². The summed E-state index contributed by atoms with van der Waals surface area (Å²) in [6.45, 7) is 5.60. The van der Waals surface area contributed by atoms with Crippen LogP contribution in [0.15, 0.2) is 0 Å². The van der Waals surface area contributed by atoms with Gasteiger partial charge in [-0.25, -0.2) is 4.79 Å². The molecule has 1 aliphatic carbocycles. The first kappa shape index (κ1) is 20.8. The van der Waals surface area contributed by atoms with Crippen molar-refractivity contribution in [1.82, 2.24) is 4.90 Å². The highest BCUT2D eigenvalue weighted by atomic mass is 16.8. The summed E-state index contributed by atoms with van der Waals surface area (Å²) >= 11 is 0. The van der Waals surface area contributed by atoms with E-state index in [2.05, 4.69) is 6.92 Å². The van der Waals surface area contributed by atoms with Gasteiger partial charge in [0.05, 0.1) is 6.61 Å². The first-order valence-electron chi connectivity index (χ1n) is 9.90. The molecule has 0 radical (unpaired) electrons. The average Bonchev–Trinajstić information content (AvgIpc) is 2.68. The van der Waals surface area contributed by atoms with Gasteiger partial charge in [-0.3, -0.25) is 0 Å². The molecule has 8 heteroatoms. The second-order valence-electron chi connectivity index (χ2n) is 8.71. The van der Waals surface area contributed by atoms with Crippen LogP contribution in [-0.4, -0.2) is 70.5 Å². The predicted molar refractivity (Wildman–Crippen MR) is 95.3 cm³/mol. The second kappa shape index (κ2) is 7.48. The normalized spacial score (nSPS) is 46.9. The van der Waals surface area contributed by atoms with E-state index in [9.17, 15) is 15.0 Å². The van der Waals surface area contributed by atoms with Crippen LogP contribution in [0.2, 0.25) is 0 Å². The summed E-state index contributed by atoms with van der Waals surface area (Å²) in [7, 11) is 1.54. The molecule has 2 aliphatic heterocycles. The summed E-state index contributed by atoms with van der Waals surface area (Å²) < 4.78 is 17.3. The standard InChI is InChI=1S/C19H33NO7/c1-11-5-6-14-12(2)15(26-17(22)20(4)9-10-21)25-16-19(14,24)13(11)7-8-18(3,23)27-16/h11-16,21,23-24H,5-10H2,1-4H3/t11?,12-,13?,14?,15-,16-,18?,19?/m1/s1. The molecule has 1 saturated carbocycles. The third-order valence-corrected chi connectivity index (χ3v) is 6.75. The number of aliphatic hydroxyl groups is 3. The maximum absolute atomic E-state index is 12.3. The Hall–Kier alpha value is -0.930. The van der Waals surface area contributed by atoms with Gasteiger partial charge < -0.3 is 34.4 Å². The Bertz CT molecular complexity index is 556. The molecule has 0 aromatic heterocycles. The van der Waals surface area contributed by atoms with Crippen molar-refractivity contribution in [2.24, 2.45) is 23.7 Å². The molecule has 27 heavy (non-hydrogen) atoms. The van der Waals surface area contributed by atoms with Crippen LogP contribution in [0.4, 0.5) is 4.79 Å². The van der Waals surface area contributed by atoms with Crippen molar-refractivity contribution in [3.05, 3.63) is 0 Å². The van der Waals surface area contributed by atoms with E-state index in [0.717, 1.165) is 12.8 Å². The minimum Gasteiger partial charge on any atom is -0.419 e.